The highest BCUT2D eigenvalue weighted by atomic mass is 16.3. The van der Waals surface area contributed by atoms with Gasteiger partial charge in [0.25, 0.3) is 0 Å². The zero-order valence-corrected chi connectivity index (χ0v) is 8.13. The Balaban J connectivity index is 1.78. The van der Waals surface area contributed by atoms with Gasteiger partial charge in [-0.1, -0.05) is 0 Å². The van der Waals surface area contributed by atoms with Crippen molar-refractivity contribution < 1.29 is 5.11 Å². The van der Waals surface area contributed by atoms with E-state index in [0.717, 1.165) is 38.0 Å². The monoisotopic (exact) mass is 193 g/mol. The summed E-state index contributed by atoms with van der Waals surface area (Å²) in [5.74, 6) is 0. The van der Waals surface area contributed by atoms with E-state index in [1.54, 1.807) is 6.33 Å². The summed E-state index contributed by atoms with van der Waals surface area (Å²) in [5, 5.41) is 9.33. The minimum absolute atomic E-state index is 0.123. The van der Waals surface area contributed by atoms with Crippen LogP contribution in [0.15, 0.2) is 18.7 Å². The van der Waals surface area contributed by atoms with Gasteiger partial charge in [-0.05, 0) is 18.4 Å². The second kappa shape index (κ2) is 4.48. The van der Waals surface area contributed by atoms with Gasteiger partial charge in [-0.15, -0.1) is 0 Å². The third kappa shape index (κ3) is 2.49. The number of nitrogens with zero attached hydrogens (tertiary/aromatic N) is 3. The Morgan fingerprint density at radius 3 is 2.86 bits per heavy atom. The standard InChI is InChI=1S/C10H15N3O/c14-10-2-4-13(7-10)3-1-9-5-11-8-12-6-9/h5-6,8,10,14H,1-4,7H2/t10-/m0/s1. The molecule has 1 N–H and O–H groups in total. The lowest BCUT2D eigenvalue weighted by Gasteiger charge is -2.13. The number of hydrogen-bond acceptors (Lipinski definition) is 4. The van der Waals surface area contributed by atoms with Crippen LogP contribution in [0.5, 0.6) is 0 Å². The van der Waals surface area contributed by atoms with Gasteiger partial charge in [0.1, 0.15) is 6.33 Å². The number of rotatable bonds is 3. The average molecular weight is 193 g/mol. The molecule has 0 aromatic carbocycles. The first-order valence-electron chi connectivity index (χ1n) is 4.99. The Hall–Kier alpha value is -1.00. The molecule has 1 aliphatic heterocycles. The summed E-state index contributed by atoms with van der Waals surface area (Å²) in [7, 11) is 0. The van der Waals surface area contributed by atoms with Crippen molar-refractivity contribution in [3.05, 3.63) is 24.3 Å². The van der Waals surface area contributed by atoms with Crippen LogP contribution in [-0.2, 0) is 6.42 Å². The molecule has 0 amide bonds. The van der Waals surface area contributed by atoms with Gasteiger partial charge >= 0.3 is 0 Å². The lowest BCUT2D eigenvalue weighted by Crippen LogP contribution is -2.24. The largest absolute Gasteiger partial charge is 0.392 e. The average Bonchev–Trinajstić information content (AvgIpc) is 2.63. The molecule has 2 rings (SSSR count). The van der Waals surface area contributed by atoms with Gasteiger partial charge in [-0.2, -0.15) is 0 Å². The normalized spacial score (nSPS) is 22.8. The van der Waals surface area contributed by atoms with Gasteiger partial charge in [-0.25, -0.2) is 9.97 Å². The molecule has 1 saturated heterocycles. The Bertz CT molecular complexity index is 278. The number of aliphatic hydroxyl groups is 1. The molecule has 0 spiro atoms. The minimum Gasteiger partial charge on any atom is -0.392 e. The Morgan fingerprint density at radius 1 is 1.43 bits per heavy atom. The highest BCUT2D eigenvalue weighted by molar-refractivity contribution is 5.02. The number of likely N-dealkylation sites (tertiary alicyclic amines) is 1. The van der Waals surface area contributed by atoms with Crippen LogP contribution in [0.2, 0.25) is 0 Å². The zero-order chi connectivity index (χ0) is 9.80. The Kier molecular flexibility index (Phi) is 3.06. The topological polar surface area (TPSA) is 49.2 Å². The molecule has 1 aliphatic rings. The molecular formula is C10H15N3O. The van der Waals surface area contributed by atoms with Crippen molar-refractivity contribution >= 4 is 0 Å². The second-order valence-corrected chi connectivity index (χ2v) is 3.74. The van der Waals surface area contributed by atoms with Crippen LogP contribution in [0, 0.1) is 0 Å². The summed E-state index contributed by atoms with van der Waals surface area (Å²) in [4.78, 5) is 10.2. The zero-order valence-electron chi connectivity index (χ0n) is 8.13. The molecule has 0 radical (unpaired) electrons. The van der Waals surface area contributed by atoms with Gasteiger partial charge in [0.05, 0.1) is 6.10 Å². The first-order chi connectivity index (χ1) is 6.84. The molecule has 0 bridgehead atoms. The molecule has 1 fully saturated rings. The van der Waals surface area contributed by atoms with E-state index in [1.165, 1.54) is 0 Å². The van der Waals surface area contributed by atoms with Gasteiger partial charge in [0.15, 0.2) is 0 Å². The highest BCUT2D eigenvalue weighted by Gasteiger charge is 2.19. The first-order valence-corrected chi connectivity index (χ1v) is 4.99. The summed E-state index contributed by atoms with van der Waals surface area (Å²) < 4.78 is 0. The Labute approximate surface area is 83.6 Å². The predicted molar refractivity (Wildman–Crippen MR) is 52.8 cm³/mol. The lowest BCUT2D eigenvalue weighted by atomic mass is 10.2. The van der Waals surface area contributed by atoms with Gasteiger partial charge in [-0.3, -0.25) is 0 Å². The van der Waals surface area contributed by atoms with Crippen molar-refractivity contribution in [2.75, 3.05) is 19.6 Å². The summed E-state index contributed by atoms with van der Waals surface area (Å²) in [6.07, 6.45) is 6.99. The third-order valence-corrected chi connectivity index (χ3v) is 2.58. The molecule has 0 saturated carbocycles. The molecule has 0 aliphatic carbocycles. The predicted octanol–water partition coefficient (Wildman–Crippen LogP) is 0.0857. The molecule has 14 heavy (non-hydrogen) atoms. The number of aliphatic hydroxyl groups excluding tert-OH is 1. The fourth-order valence-corrected chi connectivity index (χ4v) is 1.76. The highest BCUT2D eigenvalue weighted by Crippen LogP contribution is 2.09. The first kappa shape index (κ1) is 9.55. The lowest BCUT2D eigenvalue weighted by molar-refractivity contribution is 0.177. The van der Waals surface area contributed by atoms with Crippen LogP contribution in [0.3, 0.4) is 0 Å². The number of β-amino-alcohol motifs (C(OH)–C–C–N with tert-alkyl or cyclic N) is 1. The summed E-state index contributed by atoms with van der Waals surface area (Å²) in [6, 6.07) is 0. The van der Waals surface area contributed by atoms with Crippen LogP contribution in [0.25, 0.3) is 0 Å². The van der Waals surface area contributed by atoms with E-state index in [0.29, 0.717) is 0 Å². The Morgan fingerprint density at radius 2 is 2.21 bits per heavy atom. The molecule has 0 unspecified atom stereocenters. The van der Waals surface area contributed by atoms with E-state index < -0.39 is 0 Å². The van der Waals surface area contributed by atoms with Gasteiger partial charge < -0.3 is 10.0 Å². The molecule has 4 nitrogen and oxygen atoms in total. The van der Waals surface area contributed by atoms with Crippen molar-refractivity contribution in [1.29, 1.82) is 0 Å². The maximum absolute atomic E-state index is 9.33. The van der Waals surface area contributed by atoms with Gasteiger partial charge in [0, 0.05) is 32.0 Å². The maximum Gasteiger partial charge on any atom is 0.115 e. The van der Waals surface area contributed by atoms with E-state index >= 15 is 0 Å². The van der Waals surface area contributed by atoms with Crippen LogP contribution in [-0.4, -0.2) is 45.7 Å². The van der Waals surface area contributed by atoms with Crippen LogP contribution >= 0.6 is 0 Å². The molecular weight excluding hydrogens is 178 g/mol. The molecule has 2 heterocycles. The van der Waals surface area contributed by atoms with E-state index in [4.69, 9.17) is 0 Å². The smallest absolute Gasteiger partial charge is 0.115 e. The maximum atomic E-state index is 9.33. The molecule has 4 heteroatoms. The minimum atomic E-state index is -0.123. The van der Waals surface area contributed by atoms with Crippen molar-refractivity contribution in [2.45, 2.75) is 18.9 Å². The van der Waals surface area contributed by atoms with Crippen LogP contribution in [0.1, 0.15) is 12.0 Å². The quantitative estimate of drug-likeness (QED) is 0.739. The van der Waals surface area contributed by atoms with Crippen LogP contribution in [0.4, 0.5) is 0 Å². The van der Waals surface area contributed by atoms with Crippen molar-refractivity contribution in [3.8, 4) is 0 Å². The molecule has 1 aromatic rings. The van der Waals surface area contributed by atoms with Gasteiger partial charge in [0.2, 0.25) is 0 Å². The molecule has 76 valence electrons. The number of aromatic nitrogens is 2. The fraction of sp³-hybridized carbons (Fsp3) is 0.600. The van der Waals surface area contributed by atoms with E-state index in [9.17, 15) is 5.11 Å². The van der Waals surface area contributed by atoms with Crippen molar-refractivity contribution in [3.63, 3.8) is 0 Å². The summed E-state index contributed by atoms with van der Waals surface area (Å²) in [5.41, 5.74) is 1.16. The fourth-order valence-electron chi connectivity index (χ4n) is 1.76. The molecule has 1 atom stereocenters. The molecule has 1 aromatic heterocycles. The van der Waals surface area contributed by atoms with Crippen molar-refractivity contribution in [2.24, 2.45) is 0 Å². The van der Waals surface area contributed by atoms with Crippen LogP contribution < -0.4 is 0 Å². The third-order valence-electron chi connectivity index (χ3n) is 2.58. The summed E-state index contributed by atoms with van der Waals surface area (Å²) >= 11 is 0. The van der Waals surface area contributed by atoms with E-state index in [-0.39, 0.29) is 6.10 Å². The van der Waals surface area contributed by atoms with Crippen molar-refractivity contribution in [1.82, 2.24) is 14.9 Å². The second-order valence-electron chi connectivity index (χ2n) is 3.74. The summed E-state index contributed by atoms with van der Waals surface area (Å²) in [6.45, 7) is 2.81. The van der Waals surface area contributed by atoms with E-state index in [1.807, 2.05) is 12.4 Å². The SMILES string of the molecule is O[C@H]1CCN(CCc2cncnc2)C1. The number of hydrogen-bond donors (Lipinski definition) is 1. The van der Waals surface area contributed by atoms with E-state index in [2.05, 4.69) is 14.9 Å².